The highest BCUT2D eigenvalue weighted by Crippen LogP contribution is 2.20. The Morgan fingerprint density at radius 2 is 2.36 bits per heavy atom. The number of hydrogen-bond donors (Lipinski definition) is 1. The zero-order valence-corrected chi connectivity index (χ0v) is 7.69. The Morgan fingerprint density at radius 3 is 2.82 bits per heavy atom. The van der Waals surface area contributed by atoms with E-state index < -0.39 is 0 Å². The van der Waals surface area contributed by atoms with Crippen LogP contribution in [0.3, 0.4) is 0 Å². The summed E-state index contributed by atoms with van der Waals surface area (Å²) in [7, 11) is 0. The first kappa shape index (κ1) is 8.68. The summed E-state index contributed by atoms with van der Waals surface area (Å²) in [6.45, 7) is 4.48. The summed E-state index contributed by atoms with van der Waals surface area (Å²) in [5.74, 6) is 0.507. The van der Waals surface area contributed by atoms with E-state index in [9.17, 15) is 0 Å². The number of hydrogen-bond acceptors (Lipinski definition) is 3. The predicted octanol–water partition coefficient (Wildman–Crippen LogP) is 1.80. The van der Waals surface area contributed by atoms with Crippen LogP contribution in [0.25, 0.3) is 0 Å². The number of thiazole rings is 1. The highest BCUT2D eigenvalue weighted by molar-refractivity contribution is 7.11. The third-order valence-electron chi connectivity index (χ3n) is 1.42. The van der Waals surface area contributed by atoms with Gasteiger partial charge in [-0.2, -0.15) is 0 Å². The lowest BCUT2D eigenvalue weighted by Crippen LogP contribution is -1.84. The van der Waals surface area contributed by atoms with Gasteiger partial charge in [-0.3, -0.25) is 0 Å². The zero-order valence-electron chi connectivity index (χ0n) is 6.87. The maximum Gasteiger partial charge on any atom is 0.0953 e. The molecule has 1 heterocycles. The molecule has 0 saturated carbocycles. The standard InChI is InChI=1S/C8H13NOS/c1-6(2)8-9-5-7(11-8)3-4-10/h5-6,10H,3-4H2,1-2H3. The van der Waals surface area contributed by atoms with Crippen LogP contribution in [0.2, 0.25) is 0 Å². The first-order valence-corrected chi connectivity index (χ1v) is 4.61. The Balaban J connectivity index is 2.66. The van der Waals surface area contributed by atoms with Gasteiger partial charge < -0.3 is 5.11 Å². The van der Waals surface area contributed by atoms with Crippen LogP contribution in [0.15, 0.2) is 6.20 Å². The van der Waals surface area contributed by atoms with E-state index in [0.29, 0.717) is 5.92 Å². The van der Waals surface area contributed by atoms with E-state index in [-0.39, 0.29) is 6.61 Å². The topological polar surface area (TPSA) is 33.1 Å². The van der Waals surface area contributed by atoms with Crippen LogP contribution in [0, 0.1) is 0 Å². The van der Waals surface area contributed by atoms with Crippen molar-refractivity contribution in [2.75, 3.05) is 6.61 Å². The third-order valence-corrected chi connectivity index (χ3v) is 2.78. The highest BCUT2D eigenvalue weighted by atomic mass is 32.1. The average Bonchev–Trinajstić information content (AvgIpc) is 2.37. The molecular formula is C8H13NOS. The highest BCUT2D eigenvalue weighted by Gasteiger charge is 2.04. The summed E-state index contributed by atoms with van der Waals surface area (Å²) in [6.07, 6.45) is 2.60. The predicted molar refractivity (Wildman–Crippen MR) is 47.0 cm³/mol. The quantitative estimate of drug-likeness (QED) is 0.752. The SMILES string of the molecule is CC(C)c1ncc(CCO)s1. The summed E-state index contributed by atoms with van der Waals surface area (Å²) >= 11 is 1.69. The lowest BCUT2D eigenvalue weighted by Gasteiger charge is -1.95. The van der Waals surface area contributed by atoms with Gasteiger partial charge in [0.2, 0.25) is 0 Å². The molecule has 0 atom stereocenters. The molecule has 1 aromatic heterocycles. The molecule has 1 N–H and O–H groups in total. The molecule has 0 unspecified atom stereocenters. The first-order chi connectivity index (χ1) is 5.24. The minimum Gasteiger partial charge on any atom is -0.396 e. The molecule has 3 heteroatoms. The van der Waals surface area contributed by atoms with Crippen LogP contribution < -0.4 is 0 Å². The minimum atomic E-state index is 0.222. The molecule has 0 aliphatic heterocycles. The number of aliphatic hydroxyl groups is 1. The summed E-state index contributed by atoms with van der Waals surface area (Å²) < 4.78 is 0. The van der Waals surface area contributed by atoms with Gasteiger partial charge in [0.15, 0.2) is 0 Å². The van der Waals surface area contributed by atoms with Crippen molar-refractivity contribution in [2.45, 2.75) is 26.2 Å². The van der Waals surface area contributed by atoms with E-state index in [1.807, 2.05) is 6.20 Å². The van der Waals surface area contributed by atoms with E-state index in [4.69, 9.17) is 5.11 Å². The van der Waals surface area contributed by atoms with Crippen molar-refractivity contribution in [3.63, 3.8) is 0 Å². The zero-order chi connectivity index (χ0) is 8.27. The molecule has 0 spiro atoms. The van der Waals surface area contributed by atoms with E-state index in [1.54, 1.807) is 11.3 Å². The Kier molecular flexibility index (Phi) is 3.02. The van der Waals surface area contributed by atoms with Crippen molar-refractivity contribution < 1.29 is 5.11 Å². The average molecular weight is 171 g/mol. The molecule has 0 aliphatic carbocycles. The summed E-state index contributed by atoms with van der Waals surface area (Å²) in [6, 6.07) is 0. The van der Waals surface area contributed by atoms with Crippen LogP contribution in [-0.2, 0) is 6.42 Å². The number of nitrogens with zero attached hydrogens (tertiary/aromatic N) is 1. The van der Waals surface area contributed by atoms with Gasteiger partial charge in [-0.05, 0) is 0 Å². The van der Waals surface area contributed by atoms with Crippen LogP contribution in [0.1, 0.15) is 29.7 Å². The molecule has 1 aromatic rings. The second-order valence-electron chi connectivity index (χ2n) is 2.79. The van der Waals surface area contributed by atoms with Gasteiger partial charge in [-0.15, -0.1) is 11.3 Å². The first-order valence-electron chi connectivity index (χ1n) is 3.79. The maximum absolute atomic E-state index is 8.65. The Labute approximate surface area is 70.9 Å². The van der Waals surface area contributed by atoms with Gasteiger partial charge in [-0.1, -0.05) is 13.8 Å². The molecular weight excluding hydrogens is 158 g/mol. The molecule has 1 rings (SSSR count). The van der Waals surface area contributed by atoms with Gasteiger partial charge in [0.1, 0.15) is 0 Å². The third kappa shape index (κ3) is 2.27. The van der Waals surface area contributed by atoms with Crippen molar-refractivity contribution in [3.8, 4) is 0 Å². The lowest BCUT2D eigenvalue weighted by atomic mass is 10.2. The van der Waals surface area contributed by atoms with Gasteiger partial charge in [0.05, 0.1) is 5.01 Å². The lowest BCUT2D eigenvalue weighted by molar-refractivity contribution is 0.300. The molecule has 0 aromatic carbocycles. The van der Waals surface area contributed by atoms with Crippen molar-refractivity contribution in [3.05, 3.63) is 16.1 Å². The van der Waals surface area contributed by atoms with Gasteiger partial charge in [-0.25, -0.2) is 4.98 Å². The molecule has 62 valence electrons. The number of rotatable bonds is 3. The van der Waals surface area contributed by atoms with Gasteiger partial charge >= 0.3 is 0 Å². The molecule has 0 amide bonds. The van der Waals surface area contributed by atoms with Crippen molar-refractivity contribution >= 4 is 11.3 Å². The maximum atomic E-state index is 8.65. The molecule has 0 saturated heterocycles. The molecule has 0 bridgehead atoms. The fourth-order valence-electron chi connectivity index (χ4n) is 0.815. The molecule has 0 aliphatic rings. The number of aliphatic hydroxyl groups excluding tert-OH is 1. The number of aromatic nitrogens is 1. The van der Waals surface area contributed by atoms with E-state index in [0.717, 1.165) is 11.4 Å². The Morgan fingerprint density at radius 1 is 1.64 bits per heavy atom. The Hall–Kier alpha value is -0.410. The smallest absolute Gasteiger partial charge is 0.0953 e. The van der Waals surface area contributed by atoms with Crippen molar-refractivity contribution in [1.82, 2.24) is 4.98 Å². The fraction of sp³-hybridized carbons (Fsp3) is 0.625. The largest absolute Gasteiger partial charge is 0.396 e. The van der Waals surface area contributed by atoms with Crippen LogP contribution in [-0.4, -0.2) is 16.7 Å². The summed E-state index contributed by atoms with van der Waals surface area (Å²) in [4.78, 5) is 5.42. The van der Waals surface area contributed by atoms with E-state index in [2.05, 4.69) is 18.8 Å². The normalized spacial score (nSPS) is 10.9. The van der Waals surface area contributed by atoms with E-state index >= 15 is 0 Å². The minimum absolute atomic E-state index is 0.222. The van der Waals surface area contributed by atoms with Crippen LogP contribution in [0.5, 0.6) is 0 Å². The second-order valence-corrected chi connectivity index (χ2v) is 3.94. The Bertz CT molecular complexity index is 220. The van der Waals surface area contributed by atoms with Crippen molar-refractivity contribution in [1.29, 1.82) is 0 Å². The van der Waals surface area contributed by atoms with Crippen molar-refractivity contribution in [2.24, 2.45) is 0 Å². The molecule has 0 radical (unpaired) electrons. The monoisotopic (exact) mass is 171 g/mol. The summed E-state index contributed by atoms with van der Waals surface area (Å²) in [5, 5.41) is 9.81. The molecule has 2 nitrogen and oxygen atoms in total. The van der Waals surface area contributed by atoms with E-state index in [1.165, 1.54) is 4.88 Å². The molecule has 0 fully saturated rings. The summed E-state index contributed by atoms with van der Waals surface area (Å²) in [5.41, 5.74) is 0. The van der Waals surface area contributed by atoms with Crippen LogP contribution >= 0.6 is 11.3 Å². The van der Waals surface area contributed by atoms with Gasteiger partial charge in [0, 0.05) is 30.0 Å². The fourth-order valence-corrected chi connectivity index (χ4v) is 1.72. The van der Waals surface area contributed by atoms with Crippen LogP contribution in [0.4, 0.5) is 0 Å². The van der Waals surface area contributed by atoms with Gasteiger partial charge in [0.25, 0.3) is 0 Å². The molecule has 11 heavy (non-hydrogen) atoms. The second kappa shape index (κ2) is 3.83.